The number of amidine groups is 2. The van der Waals surface area contributed by atoms with E-state index in [1.807, 2.05) is 84.9 Å². The van der Waals surface area contributed by atoms with Gasteiger partial charge in [0.15, 0.2) is 11.7 Å². The Balaban J connectivity index is 1.40. The van der Waals surface area contributed by atoms with Gasteiger partial charge in [-0.15, -0.1) is 0 Å². The van der Waals surface area contributed by atoms with Crippen molar-refractivity contribution < 1.29 is 18.9 Å². The lowest BCUT2D eigenvalue weighted by Crippen LogP contribution is -2.30. The van der Waals surface area contributed by atoms with Crippen molar-refractivity contribution in [3.8, 4) is 34.1 Å². The second-order valence-electron chi connectivity index (χ2n) is 9.58. The number of hydrogen-bond donors (Lipinski definition) is 2. The summed E-state index contributed by atoms with van der Waals surface area (Å²) in [5.41, 5.74) is 4.72. The second kappa shape index (κ2) is 15.8. The van der Waals surface area contributed by atoms with Gasteiger partial charge in [0.1, 0.15) is 23.0 Å². The summed E-state index contributed by atoms with van der Waals surface area (Å²) in [6, 6.07) is 29.0. The largest absolute Gasteiger partial charge is 0.478 e. The van der Waals surface area contributed by atoms with Crippen molar-refractivity contribution in [3.63, 3.8) is 0 Å². The van der Waals surface area contributed by atoms with E-state index < -0.39 is 0 Å². The molecule has 45 heavy (non-hydrogen) atoms. The van der Waals surface area contributed by atoms with E-state index in [1.165, 1.54) is 0 Å². The Kier molecular flexibility index (Phi) is 11.4. The zero-order valence-corrected chi connectivity index (χ0v) is 26.6. The molecule has 0 bridgehead atoms. The van der Waals surface area contributed by atoms with E-state index in [-0.39, 0.29) is 0 Å². The molecule has 0 fully saturated rings. The third kappa shape index (κ3) is 8.53. The predicted molar refractivity (Wildman–Crippen MR) is 188 cm³/mol. The Hall–Kier alpha value is -5.51. The zero-order chi connectivity index (χ0) is 32.2. The number of ether oxygens (including phenoxy) is 4. The highest BCUT2D eigenvalue weighted by molar-refractivity contribution is 6.44. The molecule has 0 aromatic heterocycles. The molecule has 2 N–H and O–H groups in total. The van der Waals surface area contributed by atoms with Crippen LogP contribution in [0.15, 0.2) is 111 Å². The van der Waals surface area contributed by atoms with Crippen LogP contribution >= 0.6 is 0 Å². The van der Waals surface area contributed by atoms with Crippen LogP contribution in [-0.2, 0) is 9.47 Å². The molecule has 0 aliphatic rings. The van der Waals surface area contributed by atoms with Gasteiger partial charge in [0.25, 0.3) is 11.8 Å². The van der Waals surface area contributed by atoms with E-state index in [0.717, 1.165) is 39.6 Å². The van der Waals surface area contributed by atoms with E-state index >= 15 is 0 Å². The summed E-state index contributed by atoms with van der Waals surface area (Å²) in [5, 5.41) is 5.93. The van der Waals surface area contributed by atoms with Gasteiger partial charge in [0, 0.05) is 14.1 Å². The molecule has 0 aliphatic heterocycles. The Morgan fingerprint density at radius 3 is 1.36 bits per heavy atom. The van der Waals surface area contributed by atoms with E-state index in [2.05, 4.69) is 43.4 Å². The lowest BCUT2D eigenvalue weighted by Gasteiger charge is -2.12. The predicted octanol–water partition coefficient (Wildman–Crippen LogP) is 4.93. The number of rotatable bonds is 7. The van der Waals surface area contributed by atoms with Crippen LogP contribution < -0.4 is 19.9 Å². The van der Waals surface area contributed by atoms with Gasteiger partial charge in [-0.2, -0.15) is 0 Å². The fourth-order valence-corrected chi connectivity index (χ4v) is 4.43. The molecular formula is C33H36B2N6O4. The van der Waals surface area contributed by atoms with Crippen molar-refractivity contribution in [3.05, 3.63) is 96.6 Å². The highest BCUT2D eigenvalue weighted by atomic mass is 16.5. The molecule has 0 atom stereocenters. The Bertz CT molecular complexity index is 1710. The fourth-order valence-electron chi connectivity index (χ4n) is 4.43. The summed E-state index contributed by atoms with van der Waals surface area (Å²) in [5.74, 6) is 4.82. The van der Waals surface area contributed by atoms with Crippen molar-refractivity contribution in [2.75, 3.05) is 28.3 Å². The van der Waals surface area contributed by atoms with Crippen LogP contribution in [-0.4, -0.2) is 67.7 Å². The molecule has 0 saturated carbocycles. The molecule has 0 heterocycles. The van der Waals surface area contributed by atoms with Gasteiger partial charge >= 0.3 is 0 Å². The smallest absolute Gasteiger partial charge is 0.256 e. The standard InChI is InChI=1S/C33H36B2N6O4/c1-21-20-28(45-27-16-10-24(11-17-27)39-33(43-5)31(37-3)41-35)18-19-29(21)22-6-12-25(13-7-22)44-26-14-8-23(9-15-26)38-32(42-4)30(36-2)40-34/h6-20H,34-35H2,1-5H3,(H,36,40)(H,37,41)/b38-32-,39-33-. The summed E-state index contributed by atoms with van der Waals surface area (Å²) < 4.78 is 22.9. The van der Waals surface area contributed by atoms with Crippen molar-refractivity contribution in [1.29, 1.82) is 0 Å². The SMILES string of the molecule is BNC(=N/C)/C(=N/c1ccc(Oc2ccc(-c3ccc(Oc4ccc(/N=C(OC)/C(=N\C)NB)cc4)cc3C)cc2)cc1)OC. The molecule has 12 heteroatoms. The van der Waals surface area contributed by atoms with Crippen LogP contribution in [0.4, 0.5) is 11.4 Å². The average molecular weight is 602 g/mol. The van der Waals surface area contributed by atoms with Crippen LogP contribution in [0.2, 0.25) is 0 Å². The van der Waals surface area contributed by atoms with Crippen LogP contribution in [0, 0.1) is 6.92 Å². The van der Waals surface area contributed by atoms with Crippen LogP contribution in [0.1, 0.15) is 5.56 Å². The summed E-state index contributed by atoms with van der Waals surface area (Å²) in [6.45, 7) is 2.07. The van der Waals surface area contributed by atoms with Gasteiger partial charge in [-0.05, 0) is 96.4 Å². The number of nitrogens with zero attached hydrogens (tertiary/aromatic N) is 4. The van der Waals surface area contributed by atoms with Gasteiger partial charge in [-0.3, -0.25) is 9.98 Å². The van der Waals surface area contributed by atoms with Crippen molar-refractivity contribution in [2.45, 2.75) is 6.92 Å². The number of nitrogens with one attached hydrogen (secondary N) is 2. The van der Waals surface area contributed by atoms with Crippen molar-refractivity contribution >= 4 is 50.8 Å². The minimum atomic E-state index is 0.405. The van der Waals surface area contributed by atoms with E-state index in [4.69, 9.17) is 18.9 Å². The zero-order valence-electron chi connectivity index (χ0n) is 26.6. The minimum absolute atomic E-state index is 0.405. The third-order valence-electron chi connectivity index (χ3n) is 6.68. The first-order valence-corrected chi connectivity index (χ1v) is 14.2. The first-order valence-electron chi connectivity index (χ1n) is 14.2. The monoisotopic (exact) mass is 602 g/mol. The van der Waals surface area contributed by atoms with E-state index in [0.29, 0.717) is 35.0 Å². The van der Waals surface area contributed by atoms with Gasteiger partial charge in [0.05, 0.1) is 25.6 Å². The van der Waals surface area contributed by atoms with Crippen LogP contribution in [0.25, 0.3) is 11.1 Å². The molecule has 0 amide bonds. The minimum Gasteiger partial charge on any atom is -0.478 e. The number of methoxy groups -OCH3 is 2. The maximum absolute atomic E-state index is 6.11. The number of aryl methyl sites for hydroxylation is 1. The molecule has 10 nitrogen and oxygen atoms in total. The molecule has 228 valence electrons. The maximum atomic E-state index is 6.11. The highest BCUT2D eigenvalue weighted by Crippen LogP contribution is 2.32. The molecule has 4 aromatic carbocycles. The molecule has 0 unspecified atom stereocenters. The van der Waals surface area contributed by atoms with Gasteiger partial charge in [-0.25, -0.2) is 9.98 Å². The summed E-state index contributed by atoms with van der Waals surface area (Å²) in [7, 11) is 10.0. The molecule has 0 aliphatic carbocycles. The lowest BCUT2D eigenvalue weighted by atomic mass is 10.0. The third-order valence-corrected chi connectivity index (χ3v) is 6.68. The molecule has 0 spiro atoms. The number of aliphatic imine (C=N–C) groups is 4. The summed E-state index contributed by atoms with van der Waals surface area (Å²) >= 11 is 0. The van der Waals surface area contributed by atoms with Gasteiger partial charge in [-0.1, -0.05) is 18.2 Å². The number of hydrogen-bond acceptors (Lipinski definition) is 8. The lowest BCUT2D eigenvalue weighted by molar-refractivity contribution is 0.410. The topological polar surface area (TPSA) is 110 Å². The Labute approximate surface area is 265 Å². The van der Waals surface area contributed by atoms with Gasteiger partial charge in [0.2, 0.25) is 16.0 Å². The Morgan fingerprint density at radius 2 is 0.978 bits per heavy atom. The van der Waals surface area contributed by atoms with Crippen molar-refractivity contribution in [1.82, 2.24) is 10.5 Å². The quantitative estimate of drug-likeness (QED) is 0.176. The molecule has 4 rings (SSSR count). The van der Waals surface area contributed by atoms with Crippen LogP contribution in [0.5, 0.6) is 23.0 Å². The summed E-state index contributed by atoms with van der Waals surface area (Å²) in [4.78, 5) is 17.3. The molecule has 0 saturated heterocycles. The molecule has 0 radical (unpaired) electrons. The van der Waals surface area contributed by atoms with Crippen LogP contribution in [0.3, 0.4) is 0 Å². The first-order chi connectivity index (χ1) is 21.9. The van der Waals surface area contributed by atoms with Crippen molar-refractivity contribution in [2.24, 2.45) is 20.0 Å². The maximum Gasteiger partial charge on any atom is 0.256 e. The van der Waals surface area contributed by atoms with E-state index in [1.54, 1.807) is 44.3 Å². The normalized spacial score (nSPS) is 12.4. The average Bonchev–Trinajstić information content (AvgIpc) is 3.07. The fraction of sp³-hybridized carbons (Fsp3) is 0.152. The second-order valence-corrected chi connectivity index (χ2v) is 9.58. The first kappa shape index (κ1) is 32.4. The molecule has 4 aromatic rings. The highest BCUT2D eigenvalue weighted by Gasteiger charge is 2.09. The molecular weight excluding hydrogens is 566 g/mol. The van der Waals surface area contributed by atoms with E-state index in [9.17, 15) is 0 Å². The van der Waals surface area contributed by atoms with Gasteiger partial charge < -0.3 is 29.4 Å². The summed E-state index contributed by atoms with van der Waals surface area (Å²) in [6.07, 6.45) is 0. The number of benzene rings is 4. The Morgan fingerprint density at radius 1 is 0.578 bits per heavy atom.